The molecule has 2 aromatic carbocycles. The van der Waals surface area contributed by atoms with Crippen LogP contribution in [0.4, 0.5) is 11.4 Å². The molecule has 194 valence electrons. The summed E-state index contributed by atoms with van der Waals surface area (Å²) in [5.74, 6) is 1.44. The molecular formula is C28H29N7O3. The molecule has 10 heteroatoms. The molecule has 0 amide bonds. The maximum Gasteiger partial charge on any atom is 0.253 e. The summed E-state index contributed by atoms with van der Waals surface area (Å²) in [5.41, 5.74) is 4.73. The van der Waals surface area contributed by atoms with E-state index in [0.29, 0.717) is 30.5 Å². The average molecular weight is 512 g/mol. The first kappa shape index (κ1) is 23.1. The van der Waals surface area contributed by atoms with Crippen LogP contribution >= 0.6 is 0 Å². The largest absolute Gasteiger partial charge is 0.377 e. The predicted octanol–water partition coefficient (Wildman–Crippen LogP) is 3.17. The van der Waals surface area contributed by atoms with Gasteiger partial charge in [-0.1, -0.05) is 31.5 Å². The minimum Gasteiger partial charge on any atom is -0.377 e. The molecule has 2 aliphatic rings. The van der Waals surface area contributed by atoms with E-state index in [-0.39, 0.29) is 18.0 Å². The average Bonchev–Trinajstić information content (AvgIpc) is 3.63. The lowest BCUT2D eigenvalue weighted by atomic mass is 9.93. The van der Waals surface area contributed by atoms with Crippen LogP contribution in [0.15, 0.2) is 52.3 Å². The van der Waals surface area contributed by atoms with E-state index in [0.717, 1.165) is 47.6 Å². The minimum atomic E-state index is -0.447. The van der Waals surface area contributed by atoms with Crippen LogP contribution in [-0.2, 0) is 4.74 Å². The number of benzene rings is 1. The molecule has 38 heavy (non-hydrogen) atoms. The van der Waals surface area contributed by atoms with Crippen LogP contribution in [-0.4, -0.2) is 49.4 Å². The Kier molecular flexibility index (Phi) is 5.33. The van der Waals surface area contributed by atoms with Crippen LogP contribution in [0.5, 0.6) is 0 Å². The summed E-state index contributed by atoms with van der Waals surface area (Å²) in [6.45, 7) is 5.39. The summed E-state index contributed by atoms with van der Waals surface area (Å²) in [6.07, 6.45) is 6.50. The lowest BCUT2D eigenvalue weighted by Crippen LogP contribution is -2.46. The first-order valence-corrected chi connectivity index (χ1v) is 13.2. The van der Waals surface area contributed by atoms with Gasteiger partial charge in [0.2, 0.25) is 0 Å². The van der Waals surface area contributed by atoms with Gasteiger partial charge in [0.1, 0.15) is 17.2 Å². The first-order chi connectivity index (χ1) is 18.5. The number of aryl methyl sites for hydroxylation is 1. The molecular weight excluding hydrogens is 482 g/mol. The normalized spacial score (nSPS) is 21.9. The molecule has 3 atom stereocenters. The molecule has 1 aliphatic carbocycles. The molecule has 1 aliphatic heterocycles. The Morgan fingerprint density at radius 2 is 1.76 bits per heavy atom. The fourth-order valence-electron chi connectivity index (χ4n) is 6.15. The zero-order chi connectivity index (χ0) is 26.0. The standard InChI is InChI=1S/C28H29N7O3/c1-3-16-10-17(30-23-24(26(37)25(23)36)31-18-13-38-14-18)11-19(16)27-33-32-22-12-29-28-21(35(22)27)8-9-34(28)20-7-5-4-6-15(20)2/h4-9,12,16-19,30-31H,3,10-11,13-14H2,1-2H3/t16-,17+,19+/m1/s1. The van der Waals surface area contributed by atoms with E-state index in [2.05, 4.69) is 61.8 Å². The van der Waals surface area contributed by atoms with Crippen LogP contribution in [0.25, 0.3) is 22.5 Å². The molecule has 1 saturated carbocycles. The van der Waals surface area contributed by atoms with Gasteiger partial charge >= 0.3 is 0 Å². The van der Waals surface area contributed by atoms with E-state index < -0.39 is 10.9 Å². The molecule has 5 aromatic rings. The Morgan fingerprint density at radius 3 is 2.47 bits per heavy atom. The second-order valence-corrected chi connectivity index (χ2v) is 10.6. The van der Waals surface area contributed by atoms with Crippen LogP contribution in [0.1, 0.15) is 43.5 Å². The van der Waals surface area contributed by atoms with E-state index in [1.165, 1.54) is 5.56 Å². The molecule has 2 fully saturated rings. The van der Waals surface area contributed by atoms with Gasteiger partial charge in [0.05, 0.1) is 31.0 Å². The van der Waals surface area contributed by atoms with Crippen molar-refractivity contribution >= 4 is 28.2 Å². The molecule has 0 radical (unpaired) electrons. The molecule has 1 saturated heterocycles. The minimum absolute atomic E-state index is 0.0627. The van der Waals surface area contributed by atoms with Crippen molar-refractivity contribution in [2.75, 3.05) is 23.8 Å². The van der Waals surface area contributed by atoms with Crippen LogP contribution < -0.4 is 21.5 Å². The number of para-hydroxylation sites is 1. The van der Waals surface area contributed by atoms with Crippen LogP contribution in [0.2, 0.25) is 0 Å². The lowest BCUT2D eigenvalue weighted by Gasteiger charge is -2.29. The Bertz CT molecular complexity index is 1740. The Labute approximate surface area is 218 Å². The summed E-state index contributed by atoms with van der Waals surface area (Å²) in [7, 11) is 0. The van der Waals surface area contributed by atoms with E-state index >= 15 is 0 Å². The third-order valence-electron chi connectivity index (χ3n) is 8.27. The smallest absolute Gasteiger partial charge is 0.253 e. The molecule has 7 rings (SSSR count). The second kappa shape index (κ2) is 8.76. The van der Waals surface area contributed by atoms with E-state index in [1.54, 1.807) is 6.20 Å². The van der Waals surface area contributed by atoms with E-state index in [4.69, 9.17) is 9.72 Å². The molecule has 4 heterocycles. The van der Waals surface area contributed by atoms with Crippen LogP contribution in [0.3, 0.4) is 0 Å². The number of aromatic nitrogens is 5. The molecule has 0 spiro atoms. The fourth-order valence-corrected chi connectivity index (χ4v) is 6.15. The summed E-state index contributed by atoms with van der Waals surface area (Å²) in [5, 5.41) is 15.7. The molecule has 10 nitrogen and oxygen atoms in total. The van der Waals surface area contributed by atoms with Gasteiger partial charge in [-0.3, -0.25) is 18.6 Å². The summed E-state index contributed by atoms with van der Waals surface area (Å²) in [4.78, 5) is 29.3. The first-order valence-electron chi connectivity index (χ1n) is 13.2. The summed E-state index contributed by atoms with van der Waals surface area (Å²) < 4.78 is 9.44. The summed E-state index contributed by atoms with van der Waals surface area (Å²) in [6, 6.07) is 10.5. The van der Waals surface area contributed by atoms with E-state index in [1.807, 2.05) is 18.3 Å². The van der Waals surface area contributed by atoms with Gasteiger partial charge in [-0.15, -0.1) is 10.2 Å². The topological polar surface area (TPSA) is 115 Å². The third kappa shape index (κ3) is 3.47. The fraction of sp³-hybridized carbons (Fsp3) is 0.393. The SMILES string of the molecule is CC[C@@H]1C[C@H](Nc2c(NC3COC3)c(=O)c2=O)C[C@@H]1c1nnc2cnc3c(ccn3-c3ccccc3C)n12. The number of rotatable bonds is 7. The quantitative estimate of drug-likeness (QED) is 0.320. The van der Waals surface area contributed by atoms with Crippen molar-refractivity contribution in [3.8, 4) is 5.69 Å². The lowest BCUT2D eigenvalue weighted by molar-refractivity contribution is 0.0210. The number of hydrogen-bond donors (Lipinski definition) is 2. The monoisotopic (exact) mass is 511 g/mol. The highest BCUT2D eigenvalue weighted by Gasteiger charge is 2.39. The van der Waals surface area contributed by atoms with Crippen molar-refractivity contribution in [3.05, 3.63) is 74.6 Å². The number of anilines is 2. The van der Waals surface area contributed by atoms with Crippen molar-refractivity contribution in [2.24, 2.45) is 5.92 Å². The van der Waals surface area contributed by atoms with Crippen molar-refractivity contribution in [1.82, 2.24) is 24.1 Å². The zero-order valence-electron chi connectivity index (χ0n) is 21.3. The molecule has 2 N–H and O–H groups in total. The van der Waals surface area contributed by atoms with Crippen molar-refractivity contribution in [3.63, 3.8) is 0 Å². The Hall–Kier alpha value is -4.05. The van der Waals surface area contributed by atoms with Gasteiger partial charge in [-0.2, -0.15) is 0 Å². The third-order valence-corrected chi connectivity index (χ3v) is 8.27. The van der Waals surface area contributed by atoms with Crippen LogP contribution in [0, 0.1) is 12.8 Å². The highest BCUT2D eigenvalue weighted by molar-refractivity contribution is 5.78. The number of nitrogens with one attached hydrogen (secondary N) is 2. The number of hydrogen-bond acceptors (Lipinski definition) is 8. The summed E-state index contributed by atoms with van der Waals surface area (Å²) >= 11 is 0. The van der Waals surface area contributed by atoms with Gasteiger partial charge < -0.3 is 15.4 Å². The van der Waals surface area contributed by atoms with E-state index in [9.17, 15) is 9.59 Å². The van der Waals surface area contributed by atoms with Crippen molar-refractivity contribution in [2.45, 2.75) is 51.1 Å². The highest BCUT2D eigenvalue weighted by Crippen LogP contribution is 2.43. The molecule has 0 bridgehead atoms. The van der Waals surface area contributed by atoms with Gasteiger partial charge in [0.15, 0.2) is 11.3 Å². The Balaban J connectivity index is 1.22. The number of nitrogens with zero attached hydrogens (tertiary/aromatic N) is 5. The van der Waals surface area contributed by atoms with Crippen molar-refractivity contribution in [1.29, 1.82) is 0 Å². The zero-order valence-corrected chi connectivity index (χ0v) is 21.3. The number of fused-ring (bicyclic) bond motifs is 3. The van der Waals surface area contributed by atoms with Gasteiger partial charge in [-0.05, 0) is 43.4 Å². The molecule has 0 unspecified atom stereocenters. The molecule has 3 aromatic heterocycles. The van der Waals surface area contributed by atoms with Gasteiger partial charge in [-0.25, -0.2) is 4.98 Å². The Morgan fingerprint density at radius 1 is 1.00 bits per heavy atom. The predicted molar refractivity (Wildman–Crippen MR) is 145 cm³/mol. The van der Waals surface area contributed by atoms with Gasteiger partial charge in [0.25, 0.3) is 10.9 Å². The highest BCUT2D eigenvalue weighted by atomic mass is 16.5. The number of ether oxygens (including phenoxy) is 1. The maximum absolute atomic E-state index is 12.4. The van der Waals surface area contributed by atoms with Gasteiger partial charge in [0, 0.05) is 23.8 Å². The maximum atomic E-state index is 12.4. The van der Waals surface area contributed by atoms with Crippen molar-refractivity contribution < 1.29 is 4.74 Å². The second-order valence-electron chi connectivity index (χ2n) is 10.6.